The highest BCUT2D eigenvalue weighted by atomic mass is 16.7. The van der Waals surface area contributed by atoms with Crippen molar-refractivity contribution in [2.75, 3.05) is 51.0 Å². The van der Waals surface area contributed by atoms with Crippen LogP contribution in [-0.2, 0) is 6.54 Å². The van der Waals surface area contributed by atoms with Crippen molar-refractivity contribution in [1.29, 1.82) is 0 Å². The van der Waals surface area contributed by atoms with E-state index >= 15 is 0 Å². The van der Waals surface area contributed by atoms with E-state index in [0.29, 0.717) is 6.79 Å². The van der Waals surface area contributed by atoms with Gasteiger partial charge in [-0.25, -0.2) is 9.97 Å². The summed E-state index contributed by atoms with van der Waals surface area (Å²) >= 11 is 0. The number of nitrogens with one attached hydrogen (secondary N) is 1. The van der Waals surface area contributed by atoms with Crippen LogP contribution in [0.5, 0.6) is 11.5 Å². The number of piperazine rings is 1. The molecule has 0 unspecified atom stereocenters. The number of hydrogen-bond donors (Lipinski definition) is 1. The quantitative estimate of drug-likeness (QED) is 0.790. The topological polar surface area (TPSA) is 62.8 Å². The van der Waals surface area contributed by atoms with Crippen molar-refractivity contribution in [3.8, 4) is 11.5 Å². The van der Waals surface area contributed by atoms with E-state index in [1.807, 2.05) is 18.2 Å². The van der Waals surface area contributed by atoms with Gasteiger partial charge in [-0.2, -0.15) is 0 Å². The molecule has 0 radical (unpaired) electrons. The average Bonchev–Trinajstić information content (AvgIpc) is 3.16. The first-order valence-corrected chi connectivity index (χ1v) is 8.73. The number of benzene rings is 1. The molecule has 7 heteroatoms. The zero-order valence-corrected chi connectivity index (χ0v) is 14.2. The maximum atomic E-state index is 5.54. The molecule has 25 heavy (non-hydrogen) atoms. The number of anilines is 1. The molecule has 2 aromatic rings. The number of para-hydroxylation sites is 1. The van der Waals surface area contributed by atoms with Gasteiger partial charge in [0, 0.05) is 63.8 Å². The normalized spacial score (nSPS) is 17.0. The minimum atomic E-state index is 0.321. The Morgan fingerprint density at radius 3 is 2.68 bits per heavy atom. The smallest absolute Gasteiger partial charge is 0.231 e. The molecule has 0 saturated carbocycles. The zero-order chi connectivity index (χ0) is 16.9. The van der Waals surface area contributed by atoms with Crippen molar-refractivity contribution in [3.05, 3.63) is 42.2 Å². The van der Waals surface area contributed by atoms with Gasteiger partial charge in [0.1, 0.15) is 0 Å². The summed E-state index contributed by atoms with van der Waals surface area (Å²) in [4.78, 5) is 13.4. The van der Waals surface area contributed by atoms with Crippen LogP contribution in [-0.4, -0.2) is 60.9 Å². The Labute approximate surface area is 147 Å². The summed E-state index contributed by atoms with van der Waals surface area (Å²) in [5.41, 5.74) is 1.15. The maximum absolute atomic E-state index is 5.54. The van der Waals surface area contributed by atoms with Gasteiger partial charge in [-0.3, -0.25) is 4.90 Å². The molecule has 7 nitrogen and oxygen atoms in total. The fraction of sp³-hybridized carbons (Fsp3) is 0.444. The lowest BCUT2D eigenvalue weighted by atomic mass is 10.2. The molecule has 3 heterocycles. The highest BCUT2D eigenvalue weighted by molar-refractivity contribution is 5.48. The molecule has 0 amide bonds. The second-order valence-corrected chi connectivity index (χ2v) is 6.21. The molecular formula is C18H23N5O2. The molecule has 132 valence electrons. The summed E-state index contributed by atoms with van der Waals surface area (Å²) in [6.45, 7) is 7.13. The molecular weight excluding hydrogens is 318 g/mol. The first-order chi connectivity index (χ1) is 12.4. The van der Waals surface area contributed by atoms with Gasteiger partial charge in [0.25, 0.3) is 0 Å². The fourth-order valence-electron chi connectivity index (χ4n) is 3.22. The Morgan fingerprint density at radius 2 is 1.84 bits per heavy atom. The number of rotatable bonds is 6. The highest BCUT2D eigenvalue weighted by Crippen LogP contribution is 2.35. The Morgan fingerprint density at radius 1 is 1.00 bits per heavy atom. The zero-order valence-electron chi connectivity index (χ0n) is 14.2. The molecule has 4 rings (SSSR count). The first kappa shape index (κ1) is 16.1. The van der Waals surface area contributed by atoms with Gasteiger partial charge < -0.3 is 19.7 Å². The van der Waals surface area contributed by atoms with Crippen LogP contribution in [0.2, 0.25) is 0 Å². The monoisotopic (exact) mass is 341 g/mol. The first-order valence-electron chi connectivity index (χ1n) is 8.73. The standard InChI is InChI=1S/C18H23N5O2/c1-3-15(17-16(4-1)24-14-25-17)13-19-7-8-22-9-11-23(12-10-22)18-20-5-2-6-21-18/h1-6,19H,7-14H2. The molecule has 1 N–H and O–H groups in total. The number of aromatic nitrogens is 2. The molecule has 0 spiro atoms. The molecule has 1 aromatic carbocycles. The molecule has 1 fully saturated rings. The Bertz CT molecular complexity index is 689. The van der Waals surface area contributed by atoms with Crippen LogP contribution in [0.15, 0.2) is 36.7 Å². The van der Waals surface area contributed by atoms with Crippen molar-refractivity contribution >= 4 is 5.95 Å². The van der Waals surface area contributed by atoms with Gasteiger partial charge in [-0.15, -0.1) is 0 Å². The van der Waals surface area contributed by atoms with Crippen molar-refractivity contribution in [3.63, 3.8) is 0 Å². The summed E-state index contributed by atoms with van der Waals surface area (Å²) in [5.74, 6) is 2.56. The molecule has 1 aromatic heterocycles. The summed E-state index contributed by atoms with van der Waals surface area (Å²) < 4.78 is 11.0. The van der Waals surface area contributed by atoms with Gasteiger partial charge in [0.05, 0.1) is 0 Å². The van der Waals surface area contributed by atoms with Crippen molar-refractivity contribution in [2.45, 2.75) is 6.54 Å². The van der Waals surface area contributed by atoms with E-state index in [1.165, 1.54) is 0 Å². The molecule has 0 aliphatic carbocycles. The predicted molar refractivity (Wildman–Crippen MR) is 95.0 cm³/mol. The summed E-state index contributed by atoms with van der Waals surface area (Å²) in [6.07, 6.45) is 3.60. The molecule has 0 atom stereocenters. The number of ether oxygens (including phenoxy) is 2. The lowest BCUT2D eigenvalue weighted by Gasteiger charge is -2.34. The van der Waals surface area contributed by atoms with E-state index < -0.39 is 0 Å². The second kappa shape index (κ2) is 7.67. The Hall–Kier alpha value is -2.38. The van der Waals surface area contributed by atoms with Crippen LogP contribution in [0.25, 0.3) is 0 Å². The van der Waals surface area contributed by atoms with Crippen LogP contribution in [0.4, 0.5) is 5.95 Å². The summed E-state index contributed by atoms with van der Waals surface area (Å²) in [5, 5.41) is 3.51. The van der Waals surface area contributed by atoms with Crippen LogP contribution < -0.4 is 19.7 Å². The van der Waals surface area contributed by atoms with Crippen molar-refractivity contribution in [2.24, 2.45) is 0 Å². The lowest BCUT2D eigenvalue weighted by molar-refractivity contribution is 0.173. The van der Waals surface area contributed by atoms with E-state index in [4.69, 9.17) is 9.47 Å². The largest absolute Gasteiger partial charge is 0.454 e. The van der Waals surface area contributed by atoms with Crippen molar-refractivity contribution in [1.82, 2.24) is 20.2 Å². The van der Waals surface area contributed by atoms with E-state index in [1.54, 1.807) is 12.4 Å². The SMILES string of the molecule is c1cnc(N2CCN(CCNCc3cccc4c3OCO4)CC2)nc1. The third-order valence-corrected chi connectivity index (χ3v) is 4.61. The van der Waals surface area contributed by atoms with Crippen LogP contribution >= 0.6 is 0 Å². The van der Waals surface area contributed by atoms with E-state index in [0.717, 1.165) is 68.8 Å². The van der Waals surface area contributed by atoms with Gasteiger partial charge in [-0.1, -0.05) is 12.1 Å². The van der Waals surface area contributed by atoms with Gasteiger partial charge in [0.15, 0.2) is 11.5 Å². The third kappa shape index (κ3) is 3.83. The van der Waals surface area contributed by atoms with Gasteiger partial charge in [0.2, 0.25) is 12.7 Å². The number of fused-ring (bicyclic) bond motifs is 1. The van der Waals surface area contributed by atoms with E-state index in [-0.39, 0.29) is 0 Å². The summed E-state index contributed by atoms with van der Waals surface area (Å²) in [6, 6.07) is 7.89. The van der Waals surface area contributed by atoms with Crippen LogP contribution in [0.3, 0.4) is 0 Å². The summed E-state index contributed by atoms with van der Waals surface area (Å²) in [7, 11) is 0. The fourth-order valence-corrected chi connectivity index (χ4v) is 3.22. The second-order valence-electron chi connectivity index (χ2n) is 6.21. The van der Waals surface area contributed by atoms with Crippen LogP contribution in [0, 0.1) is 0 Å². The van der Waals surface area contributed by atoms with Crippen LogP contribution in [0.1, 0.15) is 5.56 Å². The van der Waals surface area contributed by atoms with Crippen molar-refractivity contribution < 1.29 is 9.47 Å². The van der Waals surface area contributed by atoms with Gasteiger partial charge >= 0.3 is 0 Å². The Kier molecular flexibility index (Phi) is 4.94. The minimum absolute atomic E-state index is 0.321. The minimum Gasteiger partial charge on any atom is -0.454 e. The van der Waals surface area contributed by atoms with Gasteiger partial charge in [-0.05, 0) is 12.1 Å². The lowest BCUT2D eigenvalue weighted by Crippen LogP contribution is -2.48. The maximum Gasteiger partial charge on any atom is 0.231 e. The highest BCUT2D eigenvalue weighted by Gasteiger charge is 2.19. The molecule has 2 aliphatic heterocycles. The molecule has 1 saturated heterocycles. The van der Waals surface area contributed by atoms with E-state index in [2.05, 4.69) is 31.2 Å². The van der Waals surface area contributed by atoms with E-state index in [9.17, 15) is 0 Å². The predicted octanol–water partition coefficient (Wildman–Crippen LogP) is 1.12. The molecule has 0 bridgehead atoms. The number of nitrogens with zero attached hydrogens (tertiary/aromatic N) is 4. The number of hydrogen-bond acceptors (Lipinski definition) is 7. The molecule has 2 aliphatic rings. The third-order valence-electron chi connectivity index (χ3n) is 4.61. The Balaban J connectivity index is 1.19. The average molecular weight is 341 g/mol.